The highest BCUT2D eigenvalue weighted by Gasteiger charge is 2.30. The van der Waals surface area contributed by atoms with Crippen molar-refractivity contribution < 1.29 is 14.3 Å². The summed E-state index contributed by atoms with van der Waals surface area (Å²) in [7, 11) is 1.67. The van der Waals surface area contributed by atoms with E-state index in [1.165, 1.54) is 0 Å². The van der Waals surface area contributed by atoms with Crippen LogP contribution in [0.5, 0.6) is 5.75 Å². The van der Waals surface area contributed by atoms with Crippen LogP contribution in [0.1, 0.15) is 12.8 Å². The van der Waals surface area contributed by atoms with Gasteiger partial charge in [-0.1, -0.05) is 12.1 Å². The molecule has 2 fully saturated rings. The lowest BCUT2D eigenvalue weighted by molar-refractivity contribution is -0.133. The second kappa shape index (κ2) is 6.89. The molecule has 2 aliphatic rings. The summed E-state index contributed by atoms with van der Waals surface area (Å²) in [5, 5.41) is 2.74. The van der Waals surface area contributed by atoms with E-state index >= 15 is 0 Å². The summed E-state index contributed by atoms with van der Waals surface area (Å²) in [4.78, 5) is 27.8. The minimum Gasteiger partial charge on any atom is -0.495 e. The maximum absolute atomic E-state index is 12.2. The van der Waals surface area contributed by atoms with Crippen LogP contribution in [0.25, 0.3) is 0 Å². The quantitative estimate of drug-likeness (QED) is 0.875. The van der Waals surface area contributed by atoms with E-state index in [1.807, 2.05) is 29.2 Å². The molecule has 1 aromatic rings. The number of benzene rings is 1. The highest BCUT2D eigenvalue weighted by atomic mass is 16.5. The molecule has 0 unspecified atom stereocenters. The lowest BCUT2D eigenvalue weighted by Gasteiger charge is -2.36. The molecule has 1 saturated heterocycles. The highest BCUT2D eigenvalue weighted by molar-refractivity contribution is 5.87. The molecule has 1 saturated carbocycles. The zero-order chi connectivity index (χ0) is 16.2. The molecule has 3 rings (SSSR count). The summed E-state index contributed by atoms with van der Waals surface area (Å²) in [6, 6.07) is 7.92. The van der Waals surface area contributed by atoms with Crippen molar-refractivity contribution in [2.75, 3.05) is 44.7 Å². The second-order valence-electron chi connectivity index (χ2n) is 6.03. The van der Waals surface area contributed by atoms with Crippen molar-refractivity contribution in [2.45, 2.75) is 12.8 Å². The Kier molecular flexibility index (Phi) is 4.69. The van der Waals surface area contributed by atoms with Crippen molar-refractivity contribution in [1.29, 1.82) is 0 Å². The first-order chi connectivity index (χ1) is 11.2. The normalized spacial score (nSPS) is 17.8. The number of rotatable bonds is 5. The van der Waals surface area contributed by atoms with Gasteiger partial charge in [-0.3, -0.25) is 9.59 Å². The molecule has 1 aliphatic carbocycles. The van der Waals surface area contributed by atoms with Gasteiger partial charge in [-0.15, -0.1) is 0 Å². The van der Waals surface area contributed by atoms with Gasteiger partial charge in [-0.2, -0.15) is 0 Å². The first kappa shape index (κ1) is 15.6. The number of hydrogen-bond acceptors (Lipinski definition) is 4. The van der Waals surface area contributed by atoms with E-state index in [-0.39, 0.29) is 24.3 Å². The molecule has 23 heavy (non-hydrogen) atoms. The number of amides is 2. The number of piperazine rings is 1. The van der Waals surface area contributed by atoms with Gasteiger partial charge in [0.1, 0.15) is 5.75 Å². The Morgan fingerprint density at radius 3 is 2.52 bits per heavy atom. The number of para-hydroxylation sites is 2. The number of carbonyl (C=O) groups excluding carboxylic acids is 2. The first-order valence-electron chi connectivity index (χ1n) is 8.12. The number of anilines is 1. The molecule has 1 N–H and O–H groups in total. The van der Waals surface area contributed by atoms with E-state index in [4.69, 9.17) is 4.74 Å². The van der Waals surface area contributed by atoms with Crippen molar-refractivity contribution in [2.24, 2.45) is 5.92 Å². The lowest BCUT2D eigenvalue weighted by atomic mass is 10.2. The third-order valence-corrected chi connectivity index (χ3v) is 4.42. The Hall–Kier alpha value is -2.24. The van der Waals surface area contributed by atoms with Crippen LogP contribution in [0, 0.1) is 5.92 Å². The van der Waals surface area contributed by atoms with Crippen LogP contribution >= 0.6 is 0 Å². The Labute approximate surface area is 136 Å². The van der Waals surface area contributed by atoms with Gasteiger partial charge in [0.15, 0.2) is 0 Å². The Morgan fingerprint density at radius 1 is 1.17 bits per heavy atom. The zero-order valence-corrected chi connectivity index (χ0v) is 13.5. The third kappa shape index (κ3) is 3.75. The van der Waals surface area contributed by atoms with Crippen molar-refractivity contribution in [3.05, 3.63) is 24.3 Å². The van der Waals surface area contributed by atoms with Gasteiger partial charge >= 0.3 is 0 Å². The van der Waals surface area contributed by atoms with Crippen LogP contribution in [0.3, 0.4) is 0 Å². The van der Waals surface area contributed by atoms with Crippen molar-refractivity contribution in [1.82, 2.24) is 10.2 Å². The molecule has 124 valence electrons. The molecule has 0 aromatic heterocycles. The molecule has 6 heteroatoms. The van der Waals surface area contributed by atoms with Gasteiger partial charge in [-0.25, -0.2) is 0 Å². The molecule has 0 bridgehead atoms. The summed E-state index contributed by atoms with van der Waals surface area (Å²) in [5.74, 6) is 1.01. The summed E-state index contributed by atoms with van der Waals surface area (Å²) < 4.78 is 5.40. The fourth-order valence-corrected chi connectivity index (χ4v) is 2.85. The van der Waals surface area contributed by atoms with E-state index < -0.39 is 0 Å². The second-order valence-corrected chi connectivity index (χ2v) is 6.03. The van der Waals surface area contributed by atoms with Crippen LogP contribution in [-0.4, -0.2) is 56.5 Å². The summed E-state index contributed by atoms with van der Waals surface area (Å²) >= 11 is 0. The number of ether oxygens (including phenoxy) is 1. The van der Waals surface area contributed by atoms with Gasteiger partial charge in [0, 0.05) is 32.1 Å². The largest absolute Gasteiger partial charge is 0.495 e. The van der Waals surface area contributed by atoms with Gasteiger partial charge in [0.2, 0.25) is 11.8 Å². The van der Waals surface area contributed by atoms with Crippen LogP contribution in [0.4, 0.5) is 5.69 Å². The van der Waals surface area contributed by atoms with E-state index in [1.54, 1.807) is 7.11 Å². The molecule has 1 heterocycles. The number of nitrogens with zero attached hydrogens (tertiary/aromatic N) is 2. The Morgan fingerprint density at radius 2 is 1.87 bits per heavy atom. The fraction of sp³-hybridized carbons (Fsp3) is 0.529. The smallest absolute Gasteiger partial charge is 0.242 e. The summed E-state index contributed by atoms with van der Waals surface area (Å²) in [6.07, 6.45) is 1.91. The van der Waals surface area contributed by atoms with Gasteiger partial charge in [0.05, 0.1) is 19.3 Å². The number of hydrogen-bond donors (Lipinski definition) is 1. The maximum atomic E-state index is 12.2. The standard InChI is InChI=1S/C17H23N3O3/c1-23-15-5-3-2-4-14(15)19-8-10-20(11-9-19)16(21)12-18-17(22)13-6-7-13/h2-5,13H,6-12H2,1H3,(H,18,22). The predicted octanol–water partition coefficient (Wildman–Crippen LogP) is 0.870. The van der Waals surface area contributed by atoms with Gasteiger partial charge in [0.25, 0.3) is 0 Å². The van der Waals surface area contributed by atoms with E-state index in [9.17, 15) is 9.59 Å². The third-order valence-electron chi connectivity index (χ3n) is 4.42. The molecular formula is C17H23N3O3. The summed E-state index contributed by atoms with van der Waals surface area (Å²) in [6.45, 7) is 2.97. The van der Waals surface area contributed by atoms with E-state index in [0.717, 1.165) is 37.4 Å². The van der Waals surface area contributed by atoms with Crippen molar-refractivity contribution >= 4 is 17.5 Å². The van der Waals surface area contributed by atoms with Gasteiger partial charge in [-0.05, 0) is 25.0 Å². The summed E-state index contributed by atoms with van der Waals surface area (Å²) in [5.41, 5.74) is 1.06. The highest BCUT2D eigenvalue weighted by Crippen LogP contribution is 2.29. The fourth-order valence-electron chi connectivity index (χ4n) is 2.85. The predicted molar refractivity (Wildman–Crippen MR) is 87.5 cm³/mol. The van der Waals surface area contributed by atoms with Crippen LogP contribution < -0.4 is 15.0 Å². The van der Waals surface area contributed by atoms with E-state index in [2.05, 4.69) is 10.2 Å². The minimum absolute atomic E-state index is 0.00123. The first-order valence-corrected chi connectivity index (χ1v) is 8.12. The molecular weight excluding hydrogens is 294 g/mol. The SMILES string of the molecule is COc1ccccc1N1CCN(C(=O)CNC(=O)C2CC2)CC1. The van der Waals surface area contributed by atoms with Gasteiger partial charge < -0.3 is 19.9 Å². The molecule has 0 spiro atoms. The zero-order valence-electron chi connectivity index (χ0n) is 13.5. The van der Waals surface area contributed by atoms with Crippen LogP contribution in [-0.2, 0) is 9.59 Å². The Bertz CT molecular complexity index is 578. The molecule has 1 aromatic carbocycles. The topological polar surface area (TPSA) is 61.9 Å². The molecule has 2 amide bonds. The maximum Gasteiger partial charge on any atom is 0.242 e. The number of carbonyl (C=O) groups is 2. The average Bonchev–Trinajstić information content (AvgIpc) is 3.44. The molecule has 6 nitrogen and oxygen atoms in total. The van der Waals surface area contributed by atoms with Crippen LogP contribution in [0.2, 0.25) is 0 Å². The Balaban J connectivity index is 1.49. The van der Waals surface area contributed by atoms with E-state index in [0.29, 0.717) is 13.1 Å². The lowest BCUT2D eigenvalue weighted by Crippen LogP contribution is -2.51. The number of methoxy groups -OCH3 is 1. The average molecular weight is 317 g/mol. The molecule has 1 aliphatic heterocycles. The van der Waals surface area contributed by atoms with Crippen molar-refractivity contribution in [3.8, 4) is 5.75 Å². The number of nitrogens with one attached hydrogen (secondary N) is 1. The van der Waals surface area contributed by atoms with Crippen molar-refractivity contribution in [3.63, 3.8) is 0 Å². The van der Waals surface area contributed by atoms with Crippen LogP contribution in [0.15, 0.2) is 24.3 Å². The molecule has 0 atom stereocenters. The minimum atomic E-state index is -0.00123. The molecule has 0 radical (unpaired) electrons. The monoisotopic (exact) mass is 317 g/mol.